The Bertz CT molecular complexity index is 800. The maximum absolute atomic E-state index is 2.66. The molecule has 3 rings (SSSR count). The number of hydrogen-bond donors (Lipinski definition) is 0. The number of nitrogens with zero attached hydrogens (tertiary/aromatic N) is 1. The van der Waals surface area contributed by atoms with E-state index in [0.29, 0.717) is 0 Å². The summed E-state index contributed by atoms with van der Waals surface area (Å²) in [4.78, 5) is 0. The van der Waals surface area contributed by atoms with Crippen molar-refractivity contribution in [3.8, 4) is 11.3 Å². The van der Waals surface area contributed by atoms with Gasteiger partial charge >= 0.3 is 0 Å². The molecule has 0 aliphatic carbocycles. The molecule has 1 aromatic heterocycles. The standard InChI is InChI=1S/C26H38N/c1-7-11-12-15-21-18-19-27-24(20(21)5)22-16-13-14-17-23(22)25(6,8-2)26(27,9-3)10-4/h13-14,16-19H,7-12,15H2,1-6H3/q+1. The van der Waals surface area contributed by atoms with Gasteiger partial charge in [-0.05, 0) is 50.3 Å². The van der Waals surface area contributed by atoms with Gasteiger partial charge in [-0.1, -0.05) is 58.7 Å². The van der Waals surface area contributed by atoms with Gasteiger partial charge in [0, 0.05) is 24.5 Å². The highest BCUT2D eigenvalue weighted by atomic mass is 15.1. The molecule has 1 atom stereocenters. The highest BCUT2D eigenvalue weighted by Gasteiger charge is 2.58. The molecule has 1 aliphatic heterocycles. The average Bonchev–Trinajstić information content (AvgIpc) is 2.70. The third-order valence-electron chi connectivity index (χ3n) is 7.69. The molecule has 0 saturated heterocycles. The summed E-state index contributed by atoms with van der Waals surface area (Å²) in [7, 11) is 0. The Morgan fingerprint density at radius 2 is 1.59 bits per heavy atom. The van der Waals surface area contributed by atoms with Crippen LogP contribution in [0.5, 0.6) is 0 Å². The van der Waals surface area contributed by atoms with Gasteiger partial charge < -0.3 is 0 Å². The van der Waals surface area contributed by atoms with Gasteiger partial charge in [-0.3, -0.25) is 0 Å². The lowest BCUT2D eigenvalue weighted by atomic mass is 9.58. The summed E-state index contributed by atoms with van der Waals surface area (Å²) < 4.78 is 2.66. The predicted molar refractivity (Wildman–Crippen MR) is 116 cm³/mol. The van der Waals surface area contributed by atoms with E-state index in [9.17, 15) is 0 Å². The van der Waals surface area contributed by atoms with Gasteiger partial charge in [0.1, 0.15) is 0 Å². The molecule has 1 aromatic carbocycles. The van der Waals surface area contributed by atoms with Crippen molar-refractivity contribution in [2.75, 3.05) is 0 Å². The van der Waals surface area contributed by atoms with E-state index >= 15 is 0 Å². The number of hydrogen-bond acceptors (Lipinski definition) is 0. The summed E-state index contributed by atoms with van der Waals surface area (Å²) in [5.41, 5.74) is 7.78. The molecule has 1 aliphatic rings. The number of aryl methyl sites for hydroxylation is 1. The van der Waals surface area contributed by atoms with Crippen LogP contribution < -0.4 is 4.57 Å². The van der Waals surface area contributed by atoms with Gasteiger partial charge in [-0.2, -0.15) is 4.57 Å². The van der Waals surface area contributed by atoms with Gasteiger partial charge in [-0.15, -0.1) is 0 Å². The van der Waals surface area contributed by atoms with Crippen molar-refractivity contribution in [3.05, 3.63) is 53.2 Å². The first-order valence-electron chi connectivity index (χ1n) is 11.1. The van der Waals surface area contributed by atoms with Crippen molar-refractivity contribution in [3.63, 3.8) is 0 Å². The van der Waals surface area contributed by atoms with E-state index in [1.165, 1.54) is 48.1 Å². The van der Waals surface area contributed by atoms with E-state index in [1.807, 2.05) is 0 Å². The molecule has 1 heteroatoms. The lowest BCUT2D eigenvalue weighted by Gasteiger charge is -2.48. The Balaban J connectivity index is 2.29. The van der Waals surface area contributed by atoms with Crippen molar-refractivity contribution >= 4 is 0 Å². The number of pyridine rings is 1. The lowest BCUT2D eigenvalue weighted by molar-refractivity contribution is -0.769. The monoisotopic (exact) mass is 364 g/mol. The SMILES string of the molecule is CCCCCc1cc[n+]2c(c1C)-c1ccccc1C(C)(CC)C2(CC)CC. The van der Waals surface area contributed by atoms with Crippen LogP contribution in [0.4, 0.5) is 0 Å². The van der Waals surface area contributed by atoms with Crippen molar-refractivity contribution in [2.24, 2.45) is 0 Å². The van der Waals surface area contributed by atoms with E-state index < -0.39 is 0 Å². The fourth-order valence-corrected chi connectivity index (χ4v) is 5.80. The zero-order valence-corrected chi connectivity index (χ0v) is 18.4. The summed E-state index contributed by atoms with van der Waals surface area (Å²) in [5, 5.41) is 0. The molecule has 0 bridgehead atoms. The molecular formula is C26H38N+. The first-order valence-corrected chi connectivity index (χ1v) is 11.1. The Kier molecular flexibility index (Phi) is 5.79. The molecule has 1 nitrogen and oxygen atoms in total. The van der Waals surface area contributed by atoms with Crippen LogP contribution in [0.15, 0.2) is 36.5 Å². The normalized spacial score (nSPS) is 20.2. The van der Waals surface area contributed by atoms with Crippen LogP contribution in [-0.4, -0.2) is 0 Å². The third-order valence-corrected chi connectivity index (χ3v) is 7.69. The van der Waals surface area contributed by atoms with E-state index in [0.717, 1.165) is 19.3 Å². The van der Waals surface area contributed by atoms with Gasteiger partial charge in [0.15, 0.2) is 11.7 Å². The Morgan fingerprint density at radius 3 is 2.22 bits per heavy atom. The van der Waals surface area contributed by atoms with E-state index in [2.05, 4.69) is 82.6 Å². The Morgan fingerprint density at radius 1 is 0.889 bits per heavy atom. The first-order chi connectivity index (χ1) is 13.0. The first kappa shape index (κ1) is 20.1. The van der Waals surface area contributed by atoms with Crippen molar-refractivity contribution in [1.29, 1.82) is 0 Å². The molecule has 0 fully saturated rings. The summed E-state index contributed by atoms with van der Waals surface area (Å²) in [5.74, 6) is 0. The Hall–Kier alpha value is -1.63. The van der Waals surface area contributed by atoms with Gasteiger partial charge in [-0.25, -0.2) is 0 Å². The van der Waals surface area contributed by atoms with Crippen LogP contribution >= 0.6 is 0 Å². The molecule has 0 amide bonds. The predicted octanol–water partition coefficient (Wildman–Crippen LogP) is 6.88. The van der Waals surface area contributed by atoms with Crippen molar-refractivity contribution < 1.29 is 4.57 Å². The summed E-state index contributed by atoms with van der Waals surface area (Å²) >= 11 is 0. The minimum Gasteiger partial charge on any atom is -0.192 e. The highest BCUT2D eigenvalue weighted by molar-refractivity contribution is 5.69. The van der Waals surface area contributed by atoms with Gasteiger partial charge in [0.05, 0.1) is 11.0 Å². The number of aromatic nitrogens is 1. The molecule has 2 aromatic rings. The largest absolute Gasteiger partial charge is 0.216 e. The van der Waals surface area contributed by atoms with E-state index in [-0.39, 0.29) is 11.0 Å². The second kappa shape index (κ2) is 7.78. The lowest BCUT2D eigenvalue weighted by Crippen LogP contribution is -2.69. The van der Waals surface area contributed by atoms with Crippen LogP contribution in [-0.2, 0) is 17.4 Å². The Labute approximate surface area is 166 Å². The zero-order chi connectivity index (χ0) is 19.7. The van der Waals surface area contributed by atoms with Gasteiger partial charge in [0.25, 0.3) is 0 Å². The quantitative estimate of drug-likeness (QED) is 0.372. The molecule has 0 N–H and O–H groups in total. The fourth-order valence-electron chi connectivity index (χ4n) is 5.80. The maximum Gasteiger partial charge on any atom is 0.216 e. The molecule has 0 radical (unpaired) electrons. The second-order valence-electron chi connectivity index (χ2n) is 8.61. The van der Waals surface area contributed by atoms with Crippen LogP contribution in [0.1, 0.15) is 89.8 Å². The average molecular weight is 365 g/mol. The summed E-state index contributed by atoms with van der Waals surface area (Å²) in [6.45, 7) is 14.3. The summed E-state index contributed by atoms with van der Waals surface area (Å²) in [6, 6.07) is 11.6. The molecule has 0 spiro atoms. The zero-order valence-electron chi connectivity index (χ0n) is 18.4. The molecular weight excluding hydrogens is 326 g/mol. The topological polar surface area (TPSA) is 3.88 Å². The number of rotatable bonds is 7. The molecule has 0 saturated carbocycles. The van der Waals surface area contributed by atoms with E-state index in [4.69, 9.17) is 0 Å². The minimum atomic E-state index is 0.137. The maximum atomic E-state index is 2.66. The second-order valence-corrected chi connectivity index (χ2v) is 8.61. The molecule has 2 heterocycles. The molecule has 1 unspecified atom stereocenters. The number of unbranched alkanes of at least 4 members (excludes halogenated alkanes) is 2. The minimum absolute atomic E-state index is 0.137. The highest BCUT2D eigenvalue weighted by Crippen LogP contribution is 2.51. The summed E-state index contributed by atoms with van der Waals surface area (Å²) in [6.07, 6.45) is 11.0. The van der Waals surface area contributed by atoms with Crippen LogP contribution in [0.3, 0.4) is 0 Å². The van der Waals surface area contributed by atoms with Crippen LogP contribution in [0, 0.1) is 6.92 Å². The molecule has 146 valence electrons. The number of benzene rings is 1. The van der Waals surface area contributed by atoms with Gasteiger partial charge in [0.2, 0.25) is 5.69 Å². The smallest absolute Gasteiger partial charge is 0.192 e. The van der Waals surface area contributed by atoms with Crippen molar-refractivity contribution in [1.82, 2.24) is 0 Å². The fraction of sp³-hybridized carbons (Fsp3) is 0.577. The third kappa shape index (κ3) is 2.85. The van der Waals surface area contributed by atoms with Crippen molar-refractivity contribution in [2.45, 2.75) is 97.4 Å². The number of fused-ring (bicyclic) bond motifs is 3. The van der Waals surface area contributed by atoms with E-state index in [1.54, 1.807) is 5.56 Å². The van der Waals surface area contributed by atoms with Crippen LogP contribution in [0.2, 0.25) is 0 Å². The van der Waals surface area contributed by atoms with Crippen LogP contribution in [0.25, 0.3) is 11.3 Å². The molecule has 27 heavy (non-hydrogen) atoms.